The number of carbonyl (C=O) groups excluding carboxylic acids is 3. The predicted molar refractivity (Wildman–Crippen MR) is 121 cm³/mol. The molecule has 2 aromatic rings. The zero-order valence-electron chi connectivity index (χ0n) is 18.3. The van der Waals surface area contributed by atoms with Crippen LogP contribution in [0.25, 0.3) is 11.1 Å². The van der Waals surface area contributed by atoms with Crippen molar-refractivity contribution in [3.63, 3.8) is 0 Å². The SMILES string of the molecule is CC[C@@H](CC(=O)O)NC(=O)CNC(=O)CNC(=O)OCC1c2ccccc2-c2ccccc21. The van der Waals surface area contributed by atoms with Crippen molar-refractivity contribution in [3.05, 3.63) is 59.7 Å². The minimum atomic E-state index is -1.02. The molecule has 3 amide bonds. The lowest BCUT2D eigenvalue weighted by atomic mass is 9.98. The standard InChI is InChI=1S/C24H27N3O6/c1-2-15(11-23(30)31)27-22(29)13-25-21(28)12-26-24(32)33-14-20-18-9-5-3-7-16(18)17-8-4-6-10-19(17)20/h3-10,15,20H,2,11-14H2,1H3,(H,25,28)(H,26,32)(H,27,29)(H,30,31)/t15-/m0/s1. The van der Waals surface area contributed by atoms with Crippen LogP contribution in [0, 0.1) is 0 Å². The first-order valence-electron chi connectivity index (χ1n) is 10.8. The van der Waals surface area contributed by atoms with Gasteiger partial charge in [0.25, 0.3) is 0 Å². The second-order valence-electron chi connectivity index (χ2n) is 7.73. The zero-order valence-corrected chi connectivity index (χ0v) is 18.3. The first kappa shape index (κ1) is 23.8. The highest BCUT2D eigenvalue weighted by Gasteiger charge is 2.29. The van der Waals surface area contributed by atoms with E-state index in [1.165, 1.54) is 0 Å². The highest BCUT2D eigenvalue weighted by Crippen LogP contribution is 2.44. The maximum absolute atomic E-state index is 12.1. The molecule has 174 valence electrons. The summed E-state index contributed by atoms with van der Waals surface area (Å²) in [6.07, 6.45) is -0.474. The molecule has 0 unspecified atom stereocenters. The number of aliphatic carboxylic acids is 1. The van der Waals surface area contributed by atoms with Crippen molar-refractivity contribution in [2.24, 2.45) is 0 Å². The third-order valence-corrected chi connectivity index (χ3v) is 5.46. The molecular weight excluding hydrogens is 426 g/mol. The summed E-state index contributed by atoms with van der Waals surface area (Å²) in [7, 11) is 0. The number of ether oxygens (including phenoxy) is 1. The van der Waals surface area contributed by atoms with E-state index in [4.69, 9.17) is 9.84 Å². The summed E-state index contributed by atoms with van der Waals surface area (Å²) in [5.74, 6) is -2.17. The van der Waals surface area contributed by atoms with E-state index < -0.39 is 29.9 Å². The smallest absolute Gasteiger partial charge is 0.407 e. The number of hydrogen-bond donors (Lipinski definition) is 4. The van der Waals surface area contributed by atoms with Gasteiger partial charge >= 0.3 is 12.1 Å². The van der Waals surface area contributed by atoms with Crippen LogP contribution in [0.5, 0.6) is 0 Å². The molecule has 2 aromatic carbocycles. The van der Waals surface area contributed by atoms with E-state index in [1.54, 1.807) is 6.92 Å². The van der Waals surface area contributed by atoms with Gasteiger partial charge in [-0.3, -0.25) is 14.4 Å². The summed E-state index contributed by atoms with van der Waals surface area (Å²) in [6, 6.07) is 15.4. The van der Waals surface area contributed by atoms with Crippen molar-refractivity contribution in [1.82, 2.24) is 16.0 Å². The number of nitrogens with one attached hydrogen (secondary N) is 3. The van der Waals surface area contributed by atoms with Crippen LogP contribution in [0.3, 0.4) is 0 Å². The molecule has 0 aromatic heterocycles. The minimum Gasteiger partial charge on any atom is -0.481 e. The molecule has 3 rings (SSSR count). The number of carbonyl (C=O) groups is 4. The van der Waals surface area contributed by atoms with Gasteiger partial charge in [-0.15, -0.1) is 0 Å². The van der Waals surface area contributed by atoms with Gasteiger partial charge in [0.2, 0.25) is 11.8 Å². The molecule has 0 bridgehead atoms. The Kier molecular flexibility index (Phi) is 8.01. The van der Waals surface area contributed by atoms with Crippen LogP contribution in [-0.2, 0) is 19.1 Å². The van der Waals surface area contributed by atoms with Gasteiger partial charge in [-0.1, -0.05) is 55.5 Å². The summed E-state index contributed by atoms with van der Waals surface area (Å²) in [5, 5.41) is 16.1. The van der Waals surface area contributed by atoms with E-state index >= 15 is 0 Å². The fraction of sp³-hybridized carbons (Fsp3) is 0.333. The maximum Gasteiger partial charge on any atom is 0.407 e. The Labute approximate surface area is 191 Å². The quantitative estimate of drug-likeness (QED) is 0.435. The number of hydrogen-bond acceptors (Lipinski definition) is 5. The second kappa shape index (κ2) is 11.1. The molecule has 9 heteroatoms. The molecule has 4 N–H and O–H groups in total. The fourth-order valence-corrected chi connectivity index (χ4v) is 3.83. The molecule has 9 nitrogen and oxygen atoms in total. The predicted octanol–water partition coefficient (Wildman–Crippen LogP) is 2.01. The number of rotatable bonds is 10. The first-order valence-corrected chi connectivity index (χ1v) is 10.8. The van der Waals surface area contributed by atoms with Crippen LogP contribution in [0.2, 0.25) is 0 Å². The normalized spacial score (nSPS) is 12.8. The topological polar surface area (TPSA) is 134 Å². The molecule has 0 fully saturated rings. The average Bonchev–Trinajstić information content (AvgIpc) is 3.13. The van der Waals surface area contributed by atoms with Crippen LogP contribution in [0.4, 0.5) is 4.79 Å². The average molecular weight is 453 g/mol. The summed E-state index contributed by atoms with van der Waals surface area (Å²) in [4.78, 5) is 46.6. The van der Waals surface area contributed by atoms with Crippen molar-refractivity contribution in [3.8, 4) is 11.1 Å². The van der Waals surface area contributed by atoms with Gasteiger partial charge in [-0.05, 0) is 28.7 Å². The highest BCUT2D eigenvalue weighted by atomic mass is 16.5. The van der Waals surface area contributed by atoms with Crippen LogP contribution < -0.4 is 16.0 Å². The first-order chi connectivity index (χ1) is 15.9. The molecule has 0 spiro atoms. The highest BCUT2D eigenvalue weighted by molar-refractivity contribution is 5.87. The number of benzene rings is 2. The summed E-state index contributed by atoms with van der Waals surface area (Å²) >= 11 is 0. The van der Waals surface area contributed by atoms with E-state index in [-0.39, 0.29) is 32.0 Å². The van der Waals surface area contributed by atoms with Gasteiger partial charge in [0, 0.05) is 12.0 Å². The molecule has 0 radical (unpaired) electrons. The molecular formula is C24H27N3O6. The van der Waals surface area contributed by atoms with E-state index in [9.17, 15) is 19.2 Å². The van der Waals surface area contributed by atoms with Gasteiger partial charge in [-0.2, -0.15) is 0 Å². The Hall–Kier alpha value is -3.88. The fourth-order valence-electron chi connectivity index (χ4n) is 3.83. The van der Waals surface area contributed by atoms with Gasteiger partial charge in [0.15, 0.2) is 0 Å². The number of alkyl carbamates (subject to hydrolysis) is 1. The third kappa shape index (κ3) is 6.31. The van der Waals surface area contributed by atoms with Crippen LogP contribution in [0.15, 0.2) is 48.5 Å². The van der Waals surface area contributed by atoms with Gasteiger partial charge in [0.1, 0.15) is 13.2 Å². The molecule has 33 heavy (non-hydrogen) atoms. The lowest BCUT2D eigenvalue weighted by Gasteiger charge is -2.15. The third-order valence-electron chi connectivity index (χ3n) is 5.46. The van der Waals surface area contributed by atoms with Crippen molar-refractivity contribution in [2.75, 3.05) is 19.7 Å². The summed E-state index contributed by atoms with van der Waals surface area (Å²) in [6.45, 7) is 1.22. The molecule has 1 aliphatic rings. The Balaban J connectivity index is 1.42. The molecule has 0 aliphatic heterocycles. The monoisotopic (exact) mass is 453 g/mol. The number of amides is 3. The summed E-state index contributed by atoms with van der Waals surface area (Å²) < 4.78 is 5.35. The van der Waals surface area contributed by atoms with Crippen molar-refractivity contribution < 1.29 is 29.0 Å². The molecule has 0 saturated carbocycles. The Morgan fingerprint density at radius 1 is 0.909 bits per heavy atom. The van der Waals surface area contributed by atoms with Gasteiger partial charge < -0.3 is 25.8 Å². The number of carboxylic acids is 1. The second-order valence-corrected chi connectivity index (χ2v) is 7.73. The molecule has 1 aliphatic carbocycles. The molecule has 0 heterocycles. The number of fused-ring (bicyclic) bond motifs is 3. The number of carboxylic acid groups (broad SMARTS) is 1. The van der Waals surface area contributed by atoms with E-state index in [1.807, 2.05) is 48.5 Å². The lowest BCUT2D eigenvalue weighted by Crippen LogP contribution is -2.45. The van der Waals surface area contributed by atoms with Crippen molar-refractivity contribution >= 4 is 23.9 Å². The zero-order chi connectivity index (χ0) is 23.8. The Bertz CT molecular complexity index is 993. The van der Waals surface area contributed by atoms with Crippen molar-refractivity contribution in [1.29, 1.82) is 0 Å². The Morgan fingerprint density at radius 2 is 1.48 bits per heavy atom. The van der Waals surface area contributed by atoms with E-state index in [0.29, 0.717) is 6.42 Å². The minimum absolute atomic E-state index is 0.0852. The van der Waals surface area contributed by atoms with Crippen molar-refractivity contribution in [2.45, 2.75) is 31.7 Å². The maximum atomic E-state index is 12.1. The van der Waals surface area contributed by atoms with Gasteiger partial charge in [0.05, 0.1) is 13.0 Å². The van der Waals surface area contributed by atoms with Crippen LogP contribution in [0.1, 0.15) is 36.8 Å². The van der Waals surface area contributed by atoms with E-state index in [0.717, 1.165) is 22.3 Å². The molecule has 0 saturated heterocycles. The van der Waals surface area contributed by atoms with Gasteiger partial charge in [-0.25, -0.2) is 4.79 Å². The largest absolute Gasteiger partial charge is 0.481 e. The Morgan fingerprint density at radius 3 is 2.06 bits per heavy atom. The lowest BCUT2D eigenvalue weighted by molar-refractivity contribution is -0.137. The van der Waals surface area contributed by atoms with Crippen LogP contribution in [-0.4, -0.2) is 54.7 Å². The molecule has 1 atom stereocenters. The summed E-state index contributed by atoms with van der Waals surface area (Å²) in [5.41, 5.74) is 4.41. The van der Waals surface area contributed by atoms with E-state index in [2.05, 4.69) is 16.0 Å². The van der Waals surface area contributed by atoms with Crippen LogP contribution >= 0.6 is 0 Å².